The van der Waals surface area contributed by atoms with Gasteiger partial charge in [-0.2, -0.15) is 26.3 Å². The molecular formula is C29H33F6N3O2. The summed E-state index contributed by atoms with van der Waals surface area (Å²) >= 11 is 0. The van der Waals surface area contributed by atoms with Crippen LogP contribution in [0.25, 0.3) is 0 Å². The fourth-order valence-electron chi connectivity index (χ4n) is 5.91. The van der Waals surface area contributed by atoms with Crippen molar-refractivity contribution in [3.63, 3.8) is 0 Å². The second kappa shape index (κ2) is 11.4. The molecule has 218 valence electrons. The first-order valence-electron chi connectivity index (χ1n) is 13.4. The lowest BCUT2D eigenvalue weighted by Gasteiger charge is -2.45. The Morgan fingerprint density at radius 3 is 1.88 bits per heavy atom. The summed E-state index contributed by atoms with van der Waals surface area (Å²) in [6, 6.07) is 9.64. The van der Waals surface area contributed by atoms with Gasteiger partial charge in [-0.25, -0.2) is 0 Å². The summed E-state index contributed by atoms with van der Waals surface area (Å²) in [5.41, 5.74) is -3.31. The molecule has 0 aromatic heterocycles. The number of halogens is 6. The number of nitrogens with one attached hydrogen (secondary N) is 1. The Bertz CT molecular complexity index is 1170. The maximum Gasteiger partial charge on any atom is 0.416 e. The van der Waals surface area contributed by atoms with Crippen molar-refractivity contribution in [3.05, 3.63) is 70.8 Å². The van der Waals surface area contributed by atoms with Crippen LogP contribution in [0, 0.1) is 0 Å². The molecule has 1 unspecified atom stereocenters. The van der Waals surface area contributed by atoms with E-state index in [1.165, 1.54) is 6.92 Å². The lowest BCUT2D eigenvalue weighted by atomic mass is 9.67. The highest BCUT2D eigenvalue weighted by Gasteiger charge is 2.45. The van der Waals surface area contributed by atoms with Gasteiger partial charge in [0.15, 0.2) is 0 Å². The standard InChI is InChI=1S/C29H33F6N3O2/c1-19(21-16-23(28(30,31)32)18-24(17-21)29(33,34)35)36-26(40)27(22-6-4-3-5-7-22)10-8-25(9-11-27)38-14-12-37(13-15-38)20(2)39/h3-7,16-19,25H,8-15H2,1-2H3,(H,36,40). The maximum atomic E-state index is 13.9. The topological polar surface area (TPSA) is 52.7 Å². The number of alkyl halides is 6. The van der Waals surface area contributed by atoms with Gasteiger partial charge in [0.25, 0.3) is 0 Å². The van der Waals surface area contributed by atoms with E-state index >= 15 is 0 Å². The van der Waals surface area contributed by atoms with Crippen LogP contribution in [0.5, 0.6) is 0 Å². The van der Waals surface area contributed by atoms with Crippen molar-refractivity contribution >= 4 is 11.8 Å². The first-order valence-corrected chi connectivity index (χ1v) is 13.4. The van der Waals surface area contributed by atoms with Crippen molar-refractivity contribution in [1.82, 2.24) is 15.1 Å². The Hall–Kier alpha value is -3.08. The number of hydrogen-bond acceptors (Lipinski definition) is 3. The van der Waals surface area contributed by atoms with Crippen LogP contribution in [0.15, 0.2) is 48.5 Å². The van der Waals surface area contributed by atoms with E-state index in [0.29, 0.717) is 50.9 Å². The second-order valence-electron chi connectivity index (χ2n) is 10.8. The van der Waals surface area contributed by atoms with E-state index in [4.69, 9.17) is 0 Å². The fraction of sp³-hybridized carbons (Fsp3) is 0.517. The Morgan fingerprint density at radius 1 is 0.875 bits per heavy atom. The molecule has 2 aromatic rings. The minimum Gasteiger partial charge on any atom is -0.349 e. The summed E-state index contributed by atoms with van der Waals surface area (Å²) < 4.78 is 80.4. The molecule has 5 nitrogen and oxygen atoms in total. The molecule has 2 fully saturated rings. The summed E-state index contributed by atoms with van der Waals surface area (Å²) in [5.74, 6) is -0.377. The van der Waals surface area contributed by atoms with E-state index in [1.54, 1.807) is 11.8 Å². The number of carbonyl (C=O) groups is 2. The molecule has 1 aliphatic carbocycles. The van der Waals surface area contributed by atoms with E-state index in [1.807, 2.05) is 30.3 Å². The van der Waals surface area contributed by atoms with Gasteiger partial charge in [0, 0.05) is 39.1 Å². The van der Waals surface area contributed by atoms with Crippen LogP contribution in [0.3, 0.4) is 0 Å². The number of carbonyl (C=O) groups excluding carboxylic acids is 2. The molecule has 1 aliphatic heterocycles. The number of rotatable bonds is 5. The van der Waals surface area contributed by atoms with Gasteiger partial charge in [-0.3, -0.25) is 14.5 Å². The van der Waals surface area contributed by atoms with Crippen LogP contribution >= 0.6 is 0 Å². The largest absolute Gasteiger partial charge is 0.416 e. The molecular weight excluding hydrogens is 536 g/mol. The lowest BCUT2D eigenvalue weighted by Crippen LogP contribution is -2.55. The average Bonchev–Trinajstić information content (AvgIpc) is 2.92. The summed E-state index contributed by atoms with van der Waals surface area (Å²) in [5, 5.41) is 2.74. The van der Waals surface area contributed by atoms with Crippen LogP contribution < -0.4 is 5.32 Å². The van der Waals surface area contributed by atoms with E-state index in [2.05, 4.69) is 10.2 Å². The zero-order chi connectivity index (χ0) is 29.3. The van der Waals surface area contributed by atoms with Crippen molar-refractivity contribution in [1.29, 1.82) is 0 Å². The third-order valence-electron chi connectivity index (χ3n) is 8.30. The van der Waals surface area contributed by atoms with Crippen molar-refractivity contribution in [2.24, 2.45) is 0 Å². The monoisotopic (exact) mass is 569 g/mol. The van der Waals surface area contributed by atoms with Crippen molar-refractivity contribution < 1.29 is 35.9 Å². The molecule has 11 heteroatoms. The van der Waals surface area contributed by atoms with Gasteiger partial charge in [-0.15, -0.1) is 0 Å². The van der Waals surface area contributed by atoms with Crippen molar-refractivity contribution in [2.45, 2.75) is 69.4 Å². The average molecular weight is 570 g/mol. The fourth-order valence-corrected chi connectivity index (χ4v) is 5.91. The SMILES string of the molecule is CC(=O)N1CCN(C2CCC(C(=O)NC(C)c3cc(C(F)(F)F)cc(C(F)(F)F)c3)(c3ccccc3)CC2)CC1. The molecule has 1 N–H and O–H groups in total. The molecule has 1 atom stereocenters. The highest BCUT2D eigenvalue weighted by Crippen LogP contribution is 2.42. The molecule has 0 bridgehead atoms. The Balaban J connectivity index is 1.55. The van der Waals surface area contributed by atoms with E-state index < -0.39 is 40.8 Å². The van der Waals surface area contributed by atoms with Crippen molar-refractivity contribution in [2.75, 3.05) is 26.2 Å². The van der Waals surface area contributed by atoms with Crippen LogP contribution in [0.1, 0.15) is 67.8 Å². The molecule has 2 amide bonds. The third-order valence-corrected chi connectivity index (χ3v) is 8.30. The number of hydrogen-bond donors (Lipinski definition) is 1. The number of amides is 2. The zero-order valence-electron chi connectivity index (χ0n) is 22.4. The highest BCUT2D eigenvalue weighted by atomic mass is 19.4. The van der Waals surface area contributed by atoms with Gasteiger partial charge in [-0.1, -0.05) is 30.3 Å². The van der Waals surface area contributed by atoms with Gasteiger partial charge >= 0.3 is 12.4 Å². The Labute approximate surface area is 229 Å². The predicted octanol–water partition coefficient (Wildman–Crippen LogP) is 5.95. The Morgan fingerprint density at radius 2 is 1.40 bits per heavy atom. The molecule has 1 saturated carbocycles. The summed E-state index contributed by atoms with van der Waals surface area (Å²) in [6.45, 7) is 5.71. The molecule has 0 radical (unpaired) electrons. The van der Waals surface area contributed by atoms with Crippen LogP contribution in [-0.4, -0.2) is 53.8 Å². The third kappa shape index (κ3) is 6.45. The molecule has 4 rings (SSSR count). The quantitative estimate of drug-likeness (QED) is 0.453. The highest BCUT2D eigenvalue weighted by molar-refractivity contribution is 5.88. The first kappa shape index (κ1) is 29.9. The first-order chi connectivity index (χ1) is 18.7. The van der Waals surface area contributed by atoms with Crippen LogP contribution in [0.4, 0.5) is 26.3 Å². The number of piperazine rings is 1. The maximum absolute atomic E-state index is 13.9. The molecule has 1 saturated heterocycles. The van der Waals surface area contributed by atoms with Crippen LogP contribution in [-0.2, 0) is 27.4 Å². The molecule has 40 heavy (non-hydrogen) atoms. The van der Waals surface area contributed by atoms with E-state index in [-0.39, 0.29) is 23.6 Å². The predicted molar refractivity (Wildman–Crippen MR) is 137 cm³/mol. The van der Waals surface area contributed by atoms with E-state index in [9.17, 15) is 35.9 Å². The smallest absolute Gasteiger partial charge is 0.349 e. The van der Waals surface area contributed by atoms with Gasteiger partial charge in [0.1, 0.15) is 0 Å². The normalized spacial score (nSPS) is 23.5. The van der Waals surface area contributed by atoms with Crippen LogP contribution in [0.2, 0.25) is 0 Å². The summed E-state index contributed by atoms with van der Waals surface area (Å²) in [7, 11) is 0. The summed E-state index contributed by atoms with van der Waals surface area (Å²) in [6.07, 6.45) is -7.61. The van der Waals surface area contributed by atoms with E-state index in [0.717, 1.165) is 18.7 Å². The summed E-state index contributed by atoms with van der Waals surface area (Å²) in [4.78, 5) is 29.7. The minimum absolute atomic E-state index is 0.0419. The molecule has 2 aromatic carbocycles. The van der Waals surface area contributed by atoms with Crippen molar-refractivity contribution in [3.8, 4) is 0 Å². The van der Waals surface area contributed by atoms with Gasteiger partial charge < -0.3 is 10.2 Å². The minimum atomic E-state index is -4.97. The molecule has 1 heterocycles. The van der Waals surface area contributed by atoms with Gasteiger partial charge in [-0.05, 0) is 61.9 Å². The molecule has 0 spiro atoms. The lowest BCUT2D eigenvalue weighted by molar-refractivity contribution is -0.143. The van der Waals surface area contributed by atoms with Gasteiger partial charge in [0.2, 0.25) is 11.8 Å². The number of benzene rings is 2. The second-order valence-corrected chi connectivity index (χ2v) is 10.8. The molecule has 2 aliphatic rings. The Kier molecular flexibility index (Phi) is 8.54. The van der Waals surface area contributed by atoms with Gasteiger partial charge in [0.05, 0.1) is 22.6 Å². The number of nitrogens with zero attached hydrogens (tertiary/aromatic N) is 2. The zero-order valence-corrected chi connectivity index (χ0v) is 22.4.